The van der Waals surface area contributed by atoms with Crippen molar-refractivity contribution in [2.75, 3.05) is 30.1 Å². The summed E-state index contributed by atoms with van der Waals surface area (Å²) in [6, 6.07) is 23.0. The first-order valence-electron chi connectivity index (χ1n) is 15.2. The minimum atomic E-state index is -0.530. The van der Waals surface area contributed by atoms with Crippen molar-refractivity contribution >= 4 is 63.6 Å². The number of esters is 1. The molecule has 0 unspecified atom stereocenters. The quantitative estimate of drug-likeness (QED) is 0.0848. The van der Waals surface area contributed by atoms with Crippen LogP contribution in [0.5, 0.6) is 5.75 Å². The average Bonchev–Trinajstić information content (AvgIpc) is 3.45. The maximum atomic E-state index is 13.6. The van der Waals surface area contributed by atoms with Crippen molar-refractivity contribution in [2.45, 2.75) is 37.5 Å². The van der Waals surface area contributed by atoms with E-state index in [1.165, 1.54) is 30.2 Å². The number of carbonyl (C=O) groups excluding carboxylic acids is 4. The Bertz CT molecular complexity index is 1800. The molecular formula is C36H35N3O6S2. The van der Waals surface area contributed by atoms with Gasteiger partial charge in [-0.3, -0.25) is 14.4 Å². The summed E-state index contributed by atoms with van der Waals surface area (Å²) in [6.45, 7) is 2.31. The maximum absolute atomic E-state index is 13.6. The largest absolute Gasteiger partial charge is 0.493 e. The monoisotopic (exact) mass is 669 g/mol. The van der Waals surface area contributed by atoms with Crippen LogP contribution < -0.4 is 20.7 Å². The van der Waals surface area contributed by atoms with Crippen LogP contribution in [0.25, 0.3) is 6.08 Å². The molecule has 0 radical (unpaired) electrons. The van der Waals surface area contributed by atoms with E-state index in [1.54, 1.807) is 60.7 Å². The number of aryl methyl sites for hydroxylation is 1. The summed E-state index contributed by atoms with van der Waals surface area (Å²) in [4.78, 5) is 54.0. The van der Waals surface area contributed by atoms with Gasteiger partial charge in [-0.15, -0.1) is 23.1 Å². The molecule has 0 spiro atoms. The van der Waals surface area contributed by atoms with Gasteiger partial charge in [0, 0.05) is 26.6 Å². The molecule has 4 aromatic rings. The number of fused-ring (bicyclic) bond motifs is 1. The van der Waals surface area contributed by atoms with Crippen molar-refractivity contribution in [3.05, 3.63) is 112 Å². The van der Waals surface area contributed by atoms with Crippen LogP contribution in [0.3, 0.4) is 0 Å². The van der Waals surface area contributed by atoms with E-state index in [0.717, 1.165) is 41.0 Å². The zero-order valence-corrected chi connectivity index (χ0v) is 27.7. The molecule has 0 fully saturated rings. The summed E-state index contributed by atoms with van der Waals surface area (Å²) >= 11 is 2.74. The highest BCUT2D eigenvalue weighted by molar-refractivity contribution is 8.00. The number of thiophene rings is 1. The minimum Gasteiger partial charge on any atom is -0.493 e. The number of amides is 3. The molecule has 0 bridgehead atoms. The predicted octanol–water partition coefficient (Wildman–Crippen LogP) is 6.95. The standard InChI is InChI=1S/C36H35N3O6S2/c1-3-45-29-18-9-7-14-24(29)20-28(38-33(41)23-12-5-4-6-13-23)34(42)37-25-15-11-16-26(21-25)46-22-31(40)39-35-32(36(43)44-2)27-17-8-10-19-30(27)47-35/h4-7,9,11-16,18,20-21H,3,8,10,17,19,22H2,1-2H3,(H,37,42)(H,38,41)(H,39,40)/b28-20+. The lowest BCUT2D eigenvalue weighted by molar-refractivity contribution is -0.114. The predicted molar refractivity (Wildman–Crippen MR) is 186 cm³/mol. The molecule has 0 aliphatic heterocycles. The van der Waals surface area contributed by atoms with E-state index in [4.69, 9.17) is 9.47 Å². The molecule has 3 amide bonds. The van der Waals surface area contributed by atoms with Gasteiger partial charge in [-0.05, 0) is 80.6 Å². The van der Waals surface area contributed by atoms with Crippen LogP contribution >= 0.6 is 23.1 Å². The maximum Gasteiger partial charge on any atom is 0.341 e. The van der Waals surface area contributed by atoms with Gasteiger partial charge in [-0.25, -0.2) is 4.79 Å². The summed E-state index contributed by atoms with van der Waals surface area (Å²) in [7, 11) is 1.35. The molecule has 1 aliphatic rings. The number of benzene rings is 3. The molecule has 1 aromatic heterocycles. The van der Waals surface area contributed by atoms with Crippen LogP contribution in [0.2, 0.25) is 0 Å². The molecule has 0 saturated carbocycles. The molecule has 47 heavy (non-hydrogen) atoms. The number of nitrogens with one attached hydrogen (secondary N) is 3. The van der Waals surface area contributed by atoms with Gasteiger partial charge in [-0.2, -0.15) is 0 Å². The number of hydrogen-bond acceptors (Lipinski definition) is 8. The number of anilines is 2. The van der Waals surface area contributed by atoms with E-state index < -0.39 is 17.8 Å². The van der Waals surface area contributed by atoms with E-state index in [9.17, 15) is 19.2 Å². The molecule has 5 rings (SSSR count). The number of para-hydroxylation sites is 1. The lowest BCUT2D eigenvalue weighted by atomic mass is 9.95. The number of methoxy groups -OCH3 is 1. The van der Waals surface area contributed by atoms with Gasteiger partial charge in [0.15, 0.2) is 0 Å². The highest BCUT2D eigenvalue weighted by atomic mass is 32.2. The first-order chi connectivity index (χ1) is 22.9. The van der Waals surface area contributed by atoms with Gasteiger partial charge in [0.25, 0.3) is 11.8 Å². The van der Waals surface area contributed by atoms with Crippen molar-refractivity contribution in [3.8, 4) is 5.75 Å². The molecule has 1 aliphatic carbocycles. The Kier molecular flexibility index (Phi) is 11.5. The lowest BCUT2D eigenvalue weighted by Gasteiger charge is -2.13. The highest BCUT2D eigenvalue weighted by Crippen LogP contribution is 2.38. The third-order valence-electron chi connectivity index (χ3n) is 7.32. The molecule has 0 saturated heterocycles. The molecule has 3 N–H and O–H groups in total. The van der Waals surface area contributed by atoms with Crippen molar-refractivity contribution in [2.24, 2.45) is 0 Å². The second-order valence-corrected chi connectivity index (χ2v) is 12.7. The normalized spacial score (nSPS) is 12.4. The zero-order chi connectivity index (χ0) is 33.2. The van der Waals surface area contributed by atoms with E-state index in [0.29, 0.717) is 39.7 Å². The topological polar surface area (TPSA) is 123 Å². The molecule has 0 atom stereocenters. The number of ether oxygens (including phenoxy) is 2. The molecule has 1 heterocycles. The van der Waals surface area contributed by atoms with Crippen molar-refractivity contribution in [3.63, 3.8) is 0 Å². The third kappa shape index (κ3) is 8.69. The molecule has 11 heteroatoms. The summed E-state index contributed by atoms with van der Waals surface area (Å²) in [5.74, 6) is -0.990. The number of hydrogen-bond donors (Lipinski definition) is 3. The first kappa shape index (κ1) is 33.5. The fourth-order valence-corrected chi connectivity index (χ4v) is 7.18. The van der Waals surface area contributed by atoms with Crippen LogP contribution in [0.15, 0.2) is 89.5 Å². The van der Waals surface area contributed by atoms with Crippen molar-refractivity contribution in [1.82, 2.24) is 5.32 Å². The Labute approximate surface area is 281 Å². The number of carbonyl (C=O) groups is 4. The second kappa shape index (κ2) is 16.1. The van der Waals surface area contributed by atoms with Gasteiger partial charge in [-0.1, -0.05) is 42.5 Å². The van der Waals surface area contributed by atoms with Crippen LogP contribution in [-0.2, 0) is 27.2 Å². The number of rotatable bonds is 12. The van der Waals surface area contributed by atoms with Crippen molar-refractivity contribution in [1.29, 1.82) is 0 Å². The fourth-order valence-electron chi connectivity index (χ4n) is 5.13. The van der Waals surface area contributed by atoms with Gasteiger partial charge in [0.05, 0.1) is 25.0 Å². The van der Waals surface area contributed by atoms with Crippen LogP contribution in [0, 0.1) is 0 Å². The summed E-state index contributed by atoms with van der Waals surface area (Å²) in [6.07, 6.45) is 5.32. The van der Waals surface area contributed by atoms with Crippen LogP contribution in [0.4, 0.5) is 10.7 Å². The van der Waals surface area contributed by atoms with Gasteiger partial charge < -0.3 is 25.4 Å². The van der Waals surface area contributed by atoms with E-state index in [1.807, 2.05) is 31.2 Å². The van der Waals surface area contributed by atoms with Crippen molar-refractivity contribution < 1.29 is 28.7 Å². The van der Waals surface area contributed by atoms with Gasteiger partial charge in [0.2, 0.25) is 5.91 Å². The zero-order valence-electron chi connectivity index (χ0n) is 26.1. The Balaban J connectivity index is 1.29. The van der Waals surface area contributed by atoms with Crippen LogP contribution in [-0.4, -0.2) is 43.2 Å². The Morgan fingerprint density at radius 2 is 1.68 bits per heavy atom. The first-order valence-corrected chi connectivity index (χ1v) is 17.0. The van der Waals surface area contributed by atoms with Gasteiger partial charge >= 0.3 is 5.97 Å². The lowest BCUT2D eigenvalue weighted by Crippen LogP contribution is -2.30. The third-order valence-corrected chi connectivity index (χ3v) is 9.52. The summed E-state index contributed by atoms with van der Waals surface area (Å²) in [5.41, 5.74) is 2.99. The summed E-state index contributed by atoms with van der Waals surface area (Å²) in [5, 5.41) is 9.05. The molecule has 9 nitrogen and oxygen atoms in total. The van der Waals surface area contributed by atoms with E-state index in [2.05, 4.69) is 16.0 Å². The highest BCUT2D eigenvalue weighted by Gasteiger charge is 2.27. The molecule has 242 valence electrons. The minimum absolute atomic E-state index is 0.0310. The molecule has 3 aromatic carbocycles. The number of thioether (sulfide) groups is 1. The Morgan fingerprint density at radius 3 is 2.47 bits per heavy atom. The SMILES string of the molecule is CCOc1ccccc1/C=C(/NC(=O)c1ccccc1)C(=O)Nc1cccc(SCC(=O)Nc2sc3c(c2C(=O)OC)CCCC3)c1. The van der Waals surface area contributed by atoms with Crippen LogP contribution in [0.1, 0.15) is 56.5 Å². The fraction of sp³-hybridized carbons (Fsp3) is 0.222. The molecular weight excluding hydrogens is 635 g/mol. The second-order valence-electron chi connectivity index (χ2n) is 10.6. The average molecular weight is 670 g/mol. The Morgan fingerprint density at radius 1 is 0.915 bits per heavy atom. The van der Waals surface area contributed by atoms with E-state index in [-0.39, 0.29) is 17.4 Å². The summed E-state index contributed by atoms with van der Waals surface area (Å²) < 4.78 is 10.7. The van der Waals surface area contributed by atoms with E-state index >= 15 is 0 Å². The van der Waals surface area contributed by atoms with Gasteiger partial charge in [0.1, 0.15) is 16.4 Å². The Hall–Kier alpha value is -4.87. The smallest absolute Gasteiger partial charge is 0.341 e.